The van der Waals surface area contributed by atoms with Gasteiger partial charge in [-0.05, 0) is 10.3 Å². The third kappa shape index (κ3) is 1.55. The largest absolute Gasteiger partial charge is 0.379 e. The first-order chi connectivity index (χ1) is 6.77. The number of hydrogen-bond donors (Lipinski definition) is 2. The molecule has 7 nitrogen and oxygen atoms in total. The second-order valence-corrected chi connectivity index (χ2v) is 3.18. The van der Waals surface area contributed by atoms with Gasteiger partial charge in [0.25, 0.3) is 5.91 Å². The predicted molar refractivity (Wildman–Crippen MR) is 48.8 cm³/mol. The fourth-order valence-electron chi connectivity index (χ4n) is 0.794. The minimum atomic E-state index is -0.487. The van der Waals surface area contributed by atoms with E-state index in [0.717, 1.165) is 0 Å². The predicted octanol–water partition coefficient (Wildman–Crippen LogP) is 0.361. The Morgan fingerprint density at radius 1 is 1.57 bits per heavy atom. The van der Waals surface area contributed by atoms with E-state index in [0.29, 0.717) is 5.13 Å². The van der Waals surface area contributed by atoms with E-state index >= 15 is 0 Å². The van der Waals surface area contributed by atoms with Crippen LogP contribution in [-0.4, -0.2) is 21.2 Å². The molecule has 0 aliphatic carbocycles. The molecule has 3 N–H and O–H groups in total. The molecular weight excluding hydrogens is 206 g/mol. The van der Waals surface area contributed by atoms with Gasteiger partial charge in [-0.1, -0.05) is 0 Å². The lowest BCUT2D eigenvalue weighted by atomic mass is 10.4. The van der Waals surface area contributed by atoms with Crippen molar-refractivity contribution in [3.8, 4) is 0 Å². The summed E-state index contributed by atoms with van der Waals surface area (Å²) >= 11 is 1.29. The van der Waals surface area contributed by atoms with Gasteiger partial charge in [-0.25, -0.2) is 9.61 Å². The molecule has 0 atom stereocenters. The number of hydrogen-bond acceptors (Lipinski definition) is 7. The highest BCUT2D eigenvalue weighted by Crippen LogP contribution is 2.13. The van der Waals surface area contributed by atoms with E-state index in [1.165, 1.54) is 11.3 Å². The van der Waals surface area contributed by atoms with Crippen molar-refractivity contribution in [1.29, 1.82) is 0 Å². The maximum atomic E-state index is 11.4. The molecule has 0 bridgehead atoms. The lowest BCUT2D eigenvalue weighted by Crippen LogP contribution is -2.13. The third-order valence-electron chi connectivity index (χ3n) is 1.38. The van der Waals surface area contributed by atoms with Crippen LogP contribution in [-0.2, 0) is 0 Å². The smallest absolute Gasteiger partial charge is 0.283 e. The molecule has 0 saturated heterocycles. The van der Waals surface area contributed by atoms with Crippen molar-refractivity contribution in [2.24, 2.45) is 0 Å². The third-order valence-corrected chi connectivity index (χ3v) is 2.07. The van der Waals surface area contributed by atoms with E-state index in [1.54, 1.807) is 11.6 Å². The summed E-state index contributed by atoms with van der Waals surface area (Å²) in [6.45, 7) is 0. The van der Waals surface area contributed by atoms with E-state index in [2.05, 4.69) is 25.2 Å². The second kappa shape index (κ2) is 3.42. The molecule has 8 heteroatoms. The van der Waals surface area contributed by atoms with Crippen LogP contribution in [0.5, 0.6) is 0 Å². The van der Waals surface area contributed by atoms with Crippen LogP contribution in [0.25, 0.3) is 0 Å². The summed E-state index contributed by atoms with van der Waals surface area (Å²) in [4.78, 5) is 15.3. The number of rotatable bonds is 2. The molecule has 0 unspecified atom stereocenters. The van der Waals surface area contributed by atoms with Gasteiger partial charge in [0.1, 0.15) is 0 Å². The van der Waals surface area contributed by atoms with Crippen LogP contribution < -0.4 is 11.1 Å². The van der Waals surface area contributed by atoms with Crippen molar-refractivity contribution in [2.75, 3.05) is 11.1 Å². The SMILES string of the molecule is Nc1nonc1C(=O)Nc1nccs1. The number of nitrogens with one attached hydrogen (secondary N) is 1. The molecule has 14 heavy (non-hydrogen) atoms. The summed E-state index contributed by atoms with van der Waals surface area (Å²) < 4.78 is 4.28. The van der Waals surface area contributed by atoms with Gasteiger partial charge in [0, 0.05) is 11.6 Å². The summed E-state index contributed by atoms with van der Waals surface area (Å²) in [5.74, 6) is -0.530. The molecule has 0 aliphatic heterocycles. The number of aromatic nitrogens is 3. The number of carbonyl (C=O) groups excluding carboxylic acids is 1. The molecule has 0 aliphatic rings. The molecule has 0 fully saturated rings. The van der Waals surface area contributed by atoms with Gasteiger partial charge < -0.3 is 5.73 Å². The Bertz CT molecular complexity index is 437. The van der Waals surface area contributed by atoms with Gasteiger partial charge >= 0.3 is 0 Å². The minimum absolute atomic E-state index is 0.0415. The minimum Gasteiger partial charge on any atom is -0.379 e. The standard InChI is InChI=1S/C6H5N5O2S/c7-4-3(10-13-11-4)5(12)9-6-8-1-2-14-6/h1-2H,(H2,7,11)(H,8,9,12). The summed E-state index contributed by atoms with van der Waals surface area (Å²) in [6, 6.07) is 0. The number of nitrogens with two attached hydrogens (primary N) is 1. The molecule has 2 aromatic heterocycles. The van der Waals surface area contributed by atoms with Crippen molar-refractivity contribution in [1.82, 2.24) is 15.3 Å². The lowest BCUT2D eigenvalue weighted by Gasteiger charge is -1.95. The molecule has 1 amide bonds. The first-order valence-corrected chi connectivity index (χ1v) is 4.44. The zero-order chi connectivity index (χ0) is 9.97. The van der Waals surface area contributed by atoms with E-state index < -0.39 is 5.91 Å². The van der Waals surface area contributed by atoms with Gasteiger partial charge in [0.05, 0.1) is 0 Å². The van der Waals surface area contributed by atoms with E-state index in [-0.39, 0.29) is 11.5 Å². The monoisotopic (exact) mass is 211 g/mol. The van der Waals surface area contributed by atoms with Gasteiger partial charge in [0.2, 0.25) is 11.5 Å². The molecule has 0 aromatic carbocycles. The second-order valence-electron chi connectivity index (χ2n) is 2.29. The topological polar surface area (TPSA) is 107 Å². The highest BCUT2D eigenvalue weighted by atomic mass is 32.1. The Balaban J connectivity index is 2.14. The Morgan fingerprint density at radius 2 is 2.43 bits per heavy atom. The number of amides is 1. The molecule has 72 valence electrons. The molecule has 0 spiro atoms. The van der Waals surface area contributed by atoms with Crippen LogP contribution in [0, 0.1) is 0 Å². The van der Waals surface area contributed by atoms with E-state index in [9.17, 15) is 4.79 Å². The number of thiazole rings is 1. The molecule has 0 saturated carbocycles. The van der Waals surface area contributed by atoms with Gasteiger partial charge in [-0.2, -0.15) is 0 Å². The Labute approximate surface area is 81.9 Å². The van der Waals surface area contributed by atoms with E-state index in [4.69, 9.17) is 5.73 Å². The van der Waals surface area contributed by atoms with Crippen LogP contribution in [0.1, 0.15) is 10.5 Å². The fraction of sp³-hybridized carbons (Fsp3) is 0. The highest BCUT2D eigenvalue weighted by Gasteiger charge is 2.16. The van der Waals surface area contributed by atoms with Crippen LogP contribution in [0.4, 0.5) is 10.9 Å². The molecule has 0 radical (unpaired) electrons. The molecular formula is C6H5N5O2S. The average Bonchev–Trinajstić information content (AvgIpc) is 2.75. The summed E-state index contributed by atoms with van der Waals surface area (Å²) in [7, 11) is 0. The first kappa shape index (κ1) is 8.63. The Hall–Kier alpha value is -1.96. The quantitative estimate of drug-likeness (QED) is 0.742. The van der Waals surface area contributed by atoms with Crippen LogP contribution >= 0.6 is 11.3 Å². The average molecular weight is 211 g/mol. The van der Waals surface area contributed by atoms with Crippen molar-refractivity contribution in [3.05, 3.63) is 17.3 Å². The molecule has 2 aromatic rings. The highest BCUT2D eigenvalue weighted by molar-refractivity contribution is 7.13. The van der Waals surface area contributed by atoms with Crippen molar-refractivity contribution in [3.63, 3.8) is 0 Å². The van der Waals surface area contributed by atoms with E-state index in [1.807, 2.05) is 0 Å². The number of anilines is 2. The Kier molecular flexibility index (Phi) is 2.11. The van der Waals surface area contributed by atoms with Crippen LogP contribution in [0.15, 0.2) is 16.2 Å². The summed E-state index contributed by atoms with van der Waals surface area (Å²) in [6.07, 6.45) is 1.57. The first-order valence-electron chi connectivity index (χ1n) is 3.56. The van der Waals surface area contributed by atoms with Gasteiger partial charge in [0.15, 0.2) is 5.13 Å². The van der Waals surface area contributed by atoms with Gasteiger partial charge in [-0.3, -0.25) is 10.1 Å². The number of carbonyl (C=O) groups is 1. The fourth-order valence-corrected chi connectivity index (χ4v) is 1.32. The van der Waals surface area contributed by atoms with Gasteiger partial charge in [-0.15, -0.1) is 11.3 Å². The Morgan fingerprint density at radius 3 is 3.00 bits per heavy atom. The zero-order valence-electron chi connectivity index (χ0n) is 6.80. The summed E-state index contributed by atoms with van der Waals surface area (Å²) in [5.41, 5.74) is 5.28. The van der Waals surface area contributed by atoms with Crippen molar-refractivity contribution >= 4 is 28.2 Å². The van der Waals surface area contributed by atoms with Crippen molar-refractivity contribution in [2.45, 2.75) is 0 Å². The normalized spacial score (nSPS) is 10.0. The van der Waals surface area contributed by atoms with Crippen molar-refractivity contribution < 1.29 is 9.42 Å². The maximum Gasteiger partial charge on any atom is 0.283 e. The summed E-state index contributed by atoms with van der Waals surface area (Å²) in [5, 5.41) is 11.3. The molecule has 2 rings (SSSR count). The molecule has 2 heterocycles. The maximum absolute atomic E-state index is 11.4. The lowest BCUT2D eigenvalue weighted by molar-refractivity contribution is 0.101. The van der Waals surface area contributed by atoms with Crippen LogP contribution in [0.3, 0.4) is 0 Å². The number of nitrogens with zero attached hydrogens (tertiary/aromatic N) is 3. The number of nitrogen functional groups attached to an aromatic ring is 1. The zero-order valence-corrected chi connectivity index (χ0v) is 7.61. The van der Waals surface area contributed by atoms with Crippen LogP contribution in [0.2, 0.25) is 0 Å².